The molecule has 0 atom stereocenters. The van der Waals surface area contributed by atoms with E-state index in [9.17, 15) is 0 Å². The van der Waals surface area contributed by atoms with Gasteiger partial charge in [0.1, 0.15) is 5.75 Å². The van der Waals surface area contributed by atoms with E-state index in [0.717, 1.165) is 29.6 Å². The van der Waals surface area contributed by atoms with E-state index in [-0.39, 0.29) is 0 Å². The molecule has 0 unspecified atom stereocenters. The van der Waals surface area contributed by atoms with Gasteiger partial charge < -0.3 is 15.4 Å². The van der Waals surface area contributed by atoms with Gasteiger partial charge in [0.2, 0.25) is 0 Å². The number of nitrogen functional groups attached to an aromatic ring is 1. The molecule has 1 aliphatic carbocycles. The molecule has 3 heteroatoms. The van der Waals surface area contributed by atoms with Gasteiger partial charge >= 0.3 is 0 Å². The summed E-state index contributed by atoms with van der Waals surface area (Å²) in [6.07, 6.45) is 2.71. The highest BCUT2D eigenvalue weighted by Gasteiger charge is 2.26. The molecule has 0 bridgehead atoms. The van der Waals surface area contributed by atoms with Crippen molar-refractivity contribution in [3.63, 3.8) is 0 Å². The van der Waals surface area contributed by atoms with Crippen molar-refractivity contribution in [2.24, 2.45) is 5.92 Å². The van der Waals surface area contributed by atoms with E-state index >= 15 is 0 Å². The highest BCUT2D eigenvalue weighted by Crippen LogP contribution is 2.35. The fourth-order valence-corrected chi connectivity index (χ4v) is 2.07. The Balaban J connectivity index is 2.26. The number of benzene rings is 1. The van der Waals surface area contributed by atoms with Crippen LogP contribution in [0.1, 0.15) is 26.7 Å². The Morgan fingerprint density at radius 1 is 1.41 bits per heavy atom. The third-order valence-electron chi connectivity index (χ3n) is 3.32. The van der Waals surface area contributed by atoms with Crippen LogP contribution >= 0.6 is 0 Å². The van der Waals surface area contributed by atoms with E-state index in [1.54, 1.807) is 7.11 Å². The molecule has 17 heavy (non-hydrogen) atoms. The van der Waals surface area contributed by atoms with Crippen molar-refractivity contribution in [2.45, 2.75) is 32.7 Å². The zero-order valence-electron chi connectivity index (χ0n) is 10.9. The average Bonchev–Trinajstić information content (AvgIpc) is 3.10. The first-order chi connectivity index (χ1) is 8.11. The van der Waals surface area contributed by atoms with E-state index in [2.05, 4.69) is 18.7 Å². The predicted octanol–water partition coefficient (Wildman–Crippen LogP) is 2.90. The molecule has 1 aliphatic rings. The molecule has 1 fully saturated rings. The standard InChI is InChI=1S/C14H22N2O/c1-10(2)16(9-11-4-5-11)14-8-12(17-3)6-7-13(14)15/h6-8,10-11H,4-5,9,15H2,1-3H3. The average molecular weight is 234 g/mol. The third kappa shape index (κ3) is 2.84. The molecular formula is C14H22N2O. The number of nitrogens with zero attached hydrogens (tertiary/aromatic N) is 1. The maximum Gasteiger partial charge on any atom is 0.121 e. The Bertz CT molecular complexity index is 386. The first-order valence-electron chi connectivity index (χ1n) is 6.32. The van der Waals surface area contributed by atoms with E-state index in [4.69, 9.17) is 10.5 Å². The van der Waals surface area contributed by atoms with E-state index in [0.29, 0.717) is 6.04 Å². The van der Waals surface area contributed by atoms with Crippen LogP contribution in [-0.4, -0.2) is 19.7 Å². The second kappa shape index (κ2) is 4.86. The van der Waals surface area contributed by atoms with Gasteiger partial charge in [0.15, 0.2) is 0 Å². The third-order valence-corrected chi connectivity index (χ3v) is 3.32. The van der Waals surface area contributed by atoms with Gasteiger partial charge in [-0.3, -0.25) is 0 Å². The minimum Gasteiger partial charge on any atom is -0.497 e. The van der Waals surface area contributed by atoms with Crippen molar-refractivity contribution in [2.75, 3.05) is 24.3 Å². The second-order valence-corrected chi connectivity index (χ2v) is 5.11. The first-order valence-corrected chi connectivity index (χ1v) is 6.32. The monoisotopic (exact) mass is 234 g/mol. The highest BCUT2D eigenvalue weighted by atomic mass is 16.5. The van der Waals surface area contributed by atoms with Gasteiger partial charge in [-0.25, -0.2) is 0 Å². The largest absolute Gasteiger partial charge is 0.497 e. The molecule has 0 spiro atoms. The van der Waals surface area contributed by atoms with Crippen molar-refractivity contribution in [3.8, 4) is 5.75 Å². The Kier molecular flexibility index (Phi) is 3.46. The molecule has 1 saturated carbocycles. The maximum absolute atomic E-state index is 6.08. The van der Waals surface area contributed by atoms with E-state index in [1.165, 1.54) is 12.8 Å². The maximum atomic E-state index is 6.08. The van der Waals surface area contributed by atoms with Crippen molar-refractivity contribution >= 4 is 11.4 Å². The molecule has 1 aromatic rings. The van der Waals surface area contributed by atoms with Crippen LogP contribution in [0.25, 0.3) is 0 Å². The summed E-state index contributed by atoms with van der Waals surface area (Å²) in [6.45, 7) is 5.53. The van der Waals surface area contributed by atoms with Crippen LogP contribution in [0.2, 0.25) is 0 Å². The number of nitrogens with two attached hydrogens (primary N) is 1. The fourth-order valence-electron chi connectivity index (χ4n) is 2.07. The zero-order valence-corrected chi connectivity index (χ0v) is 10.9. The Morgan fingerprint density at radius 2 is 2.12 bits per heavy atom. The Hall–Kier alpha value is -1.38. The zero-order chi connectivity index (χ0) is 12.4. The van der Waals surface area contributed by atoms with E-state index in [1.807, 2.05) is 18.2 Å². The topological polar surface area (TPSA) is 38.5 Å². The molecule has 3 nitrogen and oxygen atoms in total. The lowest BCUT2D eigenvalue weighted by atomic mass is 10.2. The lowest BCUT2D eigenvalue weighted by Gasteiger charge is -2.30. The summed E-state index contributed by atoms with van der Waals surface area (Å²) < 4.78 is 5.28. The molecule has 0 radical (unpaired) electrons. The predicted molar refractivity (Wildman–Crippen MR) is 72.6 cm³/mol. The Morgan fingerprint density at radius 3 is 2.65 bits per heavy atom. The normalized spacial score (nSPS) is 15.1. The number of rotatable bonds is 5. The molecule has 2 rings (SSSR count). The lowest BCUT2D eigenvalue weighted by molar-refractivity contribution is 0.414. The van der Waals surface area contributed by atoms with Gasteiger partial charge in [0, 0.05) is 18.7 Å². The van der Waals surface area contributed by atoms with Crippen LogP contribution < -0.4 is 15.4 Å². The number of hydrogen-bond donors (Lipinski definition) is 1. The molecular weight excluding hydrogens is 212 g/mol. The quantitative estimate of drug-likeness (QED) is 0.796. The van der Waals surface area contributed by atoms with Crippen molar-refractivity contribution in [1.82, 2.24) is 0 Å². The lowest BCUT2D eigenvalue weighted by Crippen LogP contribution is -2.33. The summed E-state index contributed by atoms with van der Waals surface area (Å²) in [5, 5.41) is 0. The number of ether oxygens (including phenoxy) is 1. The highest BCUT2D eigenvalue weighted by molar-refractivity contribution is 5.70. The molecule has 94 valence electrons. The van der Waals surface area contributed by atoms with Crippen molar-refractivity contribution < 1.29 is 4.74 Å². The van der Waals surface area contributed by atoms with Crippen LogP contribution in [0, 0.1) is 5.92 Å². The van der Waals surface area contributed by atoms with Gasteiger partial charge in [0.25, 0.3) is 0 Å². The van der Waals surface area contributed by atoms with Gasteiger partial charge in [-0.1, -0.05) is 0 Å². The summed E-state index contributed by atoms with van der Waals surface area (Å²) in [4.78, 5) is 2.38. The molecule has 0 aliphatic heterocycles. The van der Waals surface area contributed by atoms with Gasteiger partial charge in [-0.2, -0.15) is 0 Å². The van der Waals surface area contributed by atoms with Crippen molar-refractivity contribution in [3.05, 3.63) is 18.2 Å². The van der Waals surface area contributed by atoms with Crippen LogP contribution in [-0.2, 0) is 0 Å². The van der Waals surface area contributed by atoms with Crippen LogP contribution in [0.4, 0.5) is 11.4 Å². The fraction of sp³-hybridized carbons (Fsp3) is 0.571. The first kappa shape index (κ1) is 12.1. The van der Waals surface area contributed by atoms with E-state index < -0.39 is 0 Å². The SMILES string of the molecule is COc1ccc(N)c(N(CC2CC2)C(C)C)c1. The van der Waals surface area contributed by atoms with Gasteiger partial charge in [0.05, 0.1) is 18.5 Å². The number of hydrogen-bond acceptors (Lipinski definition) is 3. The molecule has 0 saturated heterocycles. The van der Waals surface area contributed by atoms with Gasteiger partial charge in [-0.05, 0) is 44.7 Å². The summed E-state index contributed by atoms with van der Waals surface area (Å²) >= 11 is 0. The molecule has 0 heterocycles. The Labute approximate surface area is 104 Å². The summed E-state index contributed by atoms with van der Waals surface area (Å²) in [5.74, 6) is 1.72. The van der Waals surface area contributed by atoms with Crippen molar-refractivity contribution in [1.29, 1.82) is 0 Å². The number of methoxy groups -OCH3 is 1. The second-order valence-electron chi connectivity index (χ2n) is 5.11. The summed E-state index contributed by atoms with van der Waals surface area (Å²) in [7, 11) is 1.69. The number of anilines is 2. The smallest absolute Gasteiger partial charge is 0.121 e. The summed E-state index contributed by atoms with van der Waals surface area (Å²) in [6, 6.07) is 6.34. The van der Waals surface area contributed by atoms with Crippen LogP contribution in [0.15, 0.2) is 18.2 Å². The minimum absolute atomic E-state index is 0.463. The minimum atomic E-state index is 0.463. The van der Waals surface area contributed by atoms with Crippen LogP contribution in [0.5, 0.6) is 5.75 Å². The summed E-state index contributed by atoms with van der Waals surface area (Å²) in [5.41, 5.74) is 8.02. The molecule has 2 N–H and O–H groups in total. The van der Waals surface area contributed by atoms with Crippen LogP contribution in [0.3, 0.4) is 0 Å². The molecule has 1 aromatic carbocycles. The van der Waals surface area contributed by atoms with Gasteiger partial charge in [-0.15, -0.1) is 0 Å². The molecule has 0 amide bonds. The molecule has 0 aromatic heterocycles.